The SMILES string of the molecule is CCOC(=O)C1(c2ccccn2)CCCC1. The van der Waals surface area contributed by atoms with Gasteiger partial charge in [-0.2, -0.15) is 0 Å². The number of hydrogen-bond acceptors (Lipinski definition) is 3. The highest BCUT2D eigenvalue weighted by Crippen LogP contribution is 2.41. The molecule has 0 aliphatic heterocycles. The van der Waals surface area contributed by atoms with E-state index in [0.717, 1.165) is 31.4 Å². The van der Waals surface area contributed by atoms with Crippen LogP contribution in [0.3, 0.4) is 0 Å². The number of carbonyl (C=O) groups is 1. The molecular weight excluding hydrogens is 202 g/mol. The quantitative estimate of drug-likeness (QED) is 0.733. The van der Waals surface area contributed by atoms with Gasteiger partial charge in [0, 0.05) is 6.20 Å². The van der Waals surface area contributed by atoms with Gasteiger partial charge in [0.25, 0.3) is 0 Å². The lowest BCUT2D eigenvalue weighted by molar-refractivity contribution is -0.150. The second-order valence-electron chi connectivity index (χ2n) is 4.22. The van der Waals surface area contributed by atoms with Crippen LogP contribution in [0.25, 0.3) is 0 Å². The van der Waals surface area contributed by atoms with Crippen LogP contribution >= 0.6 is 0 Å². The summed E-state index contributed by atoms with van der Waals surface area (Å²) in [4.78, 5) is 16.4. The average molecular weight is 219 g/mol. The minimum Gasteiger partial charge on any atom is -0.465 e. The van der Waals surface area contributed by atoms with E-state index in [2.05, 4.69) is 4.98 Å². The number of pyridine rings is 1. The summed E-state index contributed by atoms with van der Waals surface area (Å²) in [5.74, 6) is -0.105. The predicted octanol–water partition coefficient (Wildman–Crippen LogP) is 2.46. The molecule has 1 fully saturated rings. The molecule has 1 aliphatic carbocycles. The monoisotopic (exact) mass is 219 g/mol. The summed E-state index contributed by atoms with van der Waals surface area (Å²) < 4.78 is 5.20. The second kappa shape index (κ2) is 4.64. The van der Waals surface area contributed by atoms with Gasteiger partial charge >= 0.3 is 5.97 Å². The van der Waals surface area contributed by atoms with E-state index in [1.165, 1.54) is 0 Å². The molecule has 1 aliphatic rings. The molecule has 0 bridgehead atoms. The van der Waals surface area contributed by atoms with E-state index in [1.54, 1.807) is 6.20 Å². The van der Waals surface area contributed by atoms with Crippen LogP contribution in [0.4, 0.5) is 0 Å². The number of nitrogens with zero attached hydrogens (tertiary/aromatic N) is 1. The molecular formula is C13H17NO2. The number of aromatic nitrogens is 1. The predicted molar refractivity (Wildman–Crippen MR) is 61.0 cm³/mol. The van der Waals surface area contributed by atoms with Crippen LogP contribution in [0.15, 0.2) is 24.4 Å². The first-order valence-electron chi connectivity index (χ1n) is 5.88. The first-order chi connectivity index (χ1) is 7.79. The van der Waals surface area contributed by atoms with Gasteiger partial charge in [-0.1, -0.05) is 18.9 Å². The summed E-state index contributed by atoms with van der Waals surface area (Å²) >= 11 is 0. The summed E-state index contributed by atoms with van der Waals surface area (Å²) in [6, 6.07) is 5.74. The number of esters is 1. The van der Waals surface area contributed by atoms with Crippen molar-refractivity contribution in [2.75, 3.05) is 6.61 Å². The minimum atomic E-state index is -0.475. The molecule has 86 valence electrons. The van der Waals surface area contributed by atoms with Crippen molar-refractivity contribution in [1.29, 1.82) is 0 Å². The van der Waals surface area contributed by atoms with Gasteiger partial charge in [0.1, 0.15) is 5.41 Å². The maximum atomic E-state index is 12.1. The number of hydrogen-bond donors (Lipinski definition) is 0. The van der Waals surface area contributed by atoms with Gasteiger partial charge in [-0.3, -0.25) is 9.78 Å². The Hall–Kier alpha value is -1.38. The molecule has 3 nitrogen and oxygen atoms in total. The third-order valence-corrected chi connectivity index (χ3v) is 3.28. The zero-order valence-corrected chi connectivity index (χ0v) is 9.61. The van der Waals surface area contributed by atoms with Crippen molar-refractivity contribution in [3.05, 3.63) is 30.1 Å². The summed E-state index contributed by atoms with van der Waals surface area (Å²) in [6.45, 7) is 2.28. The topological polar surface area (TPSA) is 39.2 Å². The van der Waals surface area contributed by atoms with Crippen molar-refractivity contribution in [2.45, 2.75) is 38.0 Å². The Morgan fingerprint density at radius 1 is 1.44 bits per heavy atom. The Morgan fingerprint density at radius 2 is 2.19 bits per heavy atom. The normalized spacial score (nSPS) is 18.3. The molecule has 0 N–H and O–H groups in total. The summed E-state index contributed by atoms with van der Waals surface area (Å²) in [5.41, 5.74) is 0.392. The fraction of sp³-hybridized carbons (Fsp3) is 0.538. The molecule has 1 aromatic heterocycles. The van der Waals surface area contributed by atoms with Gasteiger partial charge in [-0.25, -0.2) is 0 Å². The third-order valence-electron chi connectivity index (χ3n) is 3.28. The third kappa shape index (κ3) is 1.82. The Bertz CT molecular complexity index is 355. The van der Waals surface area contributed by atoms with Crippen molar-refractivity contribution < 1.29 is 9.53 Å². The first kappa shape index (κ1) is 11.1. The Kier molecular flexibility index (Phi) is 3.22. The zero-order valence-electron chi connectivity index (χ0n) is 9.61. The molecule has 1 saturated carbocycles. The van der Waals surface area contributed by atoms with Crippen LogP contribution in [0, 0.1) is 0 Å². The largest absolute Gasteiger partial charge is 0.465 e. The molecule has 0 spiro atoms. The average Bonchev–Trinajstić information content (AvgIpc) is 2.81. The molecule has 1 aromatic rings. The van der Waals surface area contributed by atoms with Crippen LogP contribution in [0.5, 0.6) is 0 Å². The summed E-state index contributed by atoms with van der Waals surface area (Å²) in [7, 11) is 0. The van der Waals surface area contributed by atoms with Crippen LogP contribution in [-0.2, 0) is 14.9 Å². The van der Waals surface area contributed by atoms with Crippen LogP contribution in [0.1, 0.15) is 38.3 Å². The van der Waals surface area contributed by atoms with E-state index in [1.807, 2.05) is 25.1 Å². The standard InChI is InChI=1S/C13H17NO2/c1-2-16-12(15)13(8-4-5-9-13)11-7-3-6-10-14-11/h3,6-7,10H,2,4-5,8-9H2,1H3. The Labute approximate surface area is 95.8 Å². The lowest BCUT2D eigenvalue weighted by Gasteiger charge is -2.25. The van der Waals surface area contributed by atoms with E-state index >= 15 is 0 Å². The molecule has 0 radical (unpaired) electrons. The van der Waals surface area contributed by atoms with Crippen molar-refractivity contribution >= 4 is 5.97 Å². The van der Waals surface area contributed by atoms with Gasteiger partial charge in [-0.15, -0.1) is 0 Å². The summed E-state index contributed by atoms with van der Waals surface area (Å²) in [6.07, 6.45) is 5.63. The number of rotatable bonds is 3. The van der Waals surface area contributed by atoms with Crippen LogP contribution in [-0.4, -0.2) is 17.6 Å². The van der Waals surface area contributed by atoms with Gasteiger partial charge in [0.15, 0.2) is 0 Å². The Morgan fingerprint density at radius 3 is 2.75 bits per heavy atom. The lowest BCUT2D eigenvalue weighted by atomic mass is 9.82. The van der Waals surface area contributed by atoms with Gasteiger partial charge in [0.2, 0.25) is 0 Å². The van der Waals surface area contributed by atoms with Crippen molar-refractivity contribution in [3.8, 4) is 0 Å². The zero-order chi connectivity index (χ0) is 11.4. The molecule has 16 heavy (non-hydrogen) atoms. The van der Waals surface area contributed by atoms with Gasteiger partial charge < -0.3 is 4.74 Å². The Balaban J connectivity index is 2.32. The van der Waals surface area contributed by atoms with E-state index in [9.17, 15) is 4.79 Å². The van der Waals surface area contributed by atoms with Crippen LogP contribution < -0.4 is 0 Å². The lowest BCUT2D eigenvalue weighted by Crippen LogP contribution is -2.35. The smallest absolute Gasteiger partial charge is 0.318 e. The number of carbonyl (C=O) groups excluding carboxylic acids is 1. The fourth-order valence-corrected chi connectivity index (χ4v) is 2.46. The molecule has 1 heterocycles. The fourth-order valence-electron chi connectivity index (χ4n) is 2.46. The van der Waals surface area contributed by atoms with E-state index in [-0.39, 0.29) is 5.97 Å². The summed E-state index contributed by atoms with van der Waals surface area (Å²) in [5, 5.41) is 0. The molecule has 3 heteroatoms. The maximum absolute atomic E-state index is 12.1. The highest BCUT2D eigenvalue weighted by Gasteiger charge is 2.45. The van der Waals surface area contributed by atoms with E-state index in [0.29, 0.717) is 6.61 Å². The van der Waals surface area contributed by atoms with E-state index < -0.39 is 5.41 Å². The molecule has 0 amide bonds. The second-order valence-corrected chi connectivity index (χ2v) is 4.22. The maximum Gasteiger partial charge on any atom is 0.318 e. The van der Waals surface area contributed by atoms with Crippen LogP contribution in [0.2, 0.25) is 0 Å². The number of ether oxygens (including phenoxy) is 1. The van der Waals surface area contributed by atoms with Gasteiger partial charge in [0.05, 0.1) is 12.3 Å². The molecule has 0 unspecified atom stereocenters. The molecule has 0 atom stereocenters. The molecule has 2 rings (SSSR count). The van der Waals surface area contributed by atoms with Crippen molar-refractivity contribution in [1.82, 2.24) is 4.98 Å². The van der Waals surface area contributed by atoms with E-state index in [4.69, 9.17) is 4.74 Å². The highest BCUT2D eigenvalue weighted by molar-refractivity contribution is 5.83. The molecule has 0 saturated heterocycles. The van der Waals surface area contributed by atoms with Crippen molar-refractivity contribution in [2.24, 2.45) is 0 Å². The molecule has 0 aromatic carbocycles. The first-order valence-corrected chi connectivity index (χ1v) is 5.88. The minimum absolute atomic E-state index is 0.105. The van der Waals surface area contributed by atoms with Crippen molar-refractivity contribution in [3.63, 3.8) is 0 Å². The van der Waals surface area contributed by atoms with Gasteiger partial charge in [-0.05, 0) is 31.9 Å². The highest BCUT2D eigenvalue weighted by atomic mass is 16.5.